The molecule has 0 aliphatic carbocycles. The van der Waals surface area contributed by atoms with E-state index >= 15 is 0 Å². The van der Waals surface area contributed by atoms with Crippen LogP contribution in [0.1, 0.15) is 44.2 Å². The van der Waals surface area contributed by atoms with Crippen LogP contribution < -0.4 is 20.9 Å². The van der Waals surface area contributed by atoms with Crippen LogP contribution in [0.5, 0.6) is 0 Å². The minimum absolute atomic E-state index is 0.150. The summed E-state index contributed by atoms with van der Waals surface area (Å²) in [5.74, 6) is 2.47. The van der Waals surface area contributed by atoms with E-state index in [-0.39, 0.29) is 6.61 Å². The van der Waals surface area contributed by atoms with E-state index in [0.717, 1.165) is 56.4 Å². The molecule has 4 rings (SSSR count). The molecule has 30 heavy (non-hydrogen) atoms. The van der Waals surface area contributed by atoms with Gasteiger partial charge in [-0.25, -0.2) is 0 Å². The van der Waals surface area contributed by atoms with Crippen LogP contribution in [0.15, 0.2) is 12.3 Å². The molecule has 4 N–H and O–H groups in total. The van der Waals surface area contributed by atoms with Crippen LogP contribution >= 0.6 is 0 Å². The number of aliphatic hydroxyl groups is 1. The minimum atomic E-state index is 0.150. The van der Waals surface area contributed by atoms with Crippen molar-refractivity contribution in [1.29, 1.82) is 0 Å². The summed E-state index contributed by atoms with van der Waals surface area (Å²) in [7, 11) is 0. The first-order valence-electron chi connectivity index (χ1n) is 11.2. The third-order valence-corrected chi connectivity index (χ3v) is 5.64. The summed E-state index contributed by atoms with van der Waals surface area (Å²) in [5.41, 5.74) is 0.827. The number of aromatic nitrogens is 5. The van der Waals surface area contributed by atoms with Gasteiger partial charge in [-0.1, -0.05) is 5.21 Å². The van der Waals surface area contributed by atoms with Crippen LogP contribution in [0.3, 0.4) is 0 Å². The standard InChI is InChI=1S/C20H33N9O/c30-12-4-11-29-15-17(26-27-29)14-22-20-24-18(23-16-5-7-21-8-6-16)13-19(25-20)28-9-2-1-3-10-28/h13,15-16,21,30H,1-12,14H2,(H2,22,23,24,25). The average Bonchev–Trinajstić information content (AvgIpc) is 3.25. The Kier molecular flexibility index (Phi) is 7.30. The fraction of sp³-hybridized carbons (Fsp3) is 0.700. The molecule has 0 bridgehead atoms. The topological polar surface area (TPSA) is 116 Å². The van der Waals surface area contributed by atoms with E-state index in [1.807, 2.05) is 6.20 Å². The van der Waals surface area contributed by atoms with Gasteiger partial charge in [0, 0.05) is 38.3 Å². The van der Waals surface area contributed by atoms with Crippen LogP contribution in [0.2, 0.25) is 0 Å². The molecular weight excluding hydrogens is 382 g/mol. The molecule has 2 aromatic heterocycles. The zero-order valence-electron chi connectivity index (χ0n) is 17.6. The Morgan fingerprint density at radius 2 is 1.97 bits per heavy atom. The highest BCUT2D eigenvalue weighted by Crippen LogP contribution is 2.23. The van der Waals surface area contributed by atoms with Gasteiger partial charge in [-0.3, -0.25) is 4.68 Å². The maximum atomic E-state index is 8.96. The Labute approximate surface area is 177 Å². The molecule has 0 radical (unpaired) electrons. The van der Waals surface area contributed by atoms with E-state index < -0.39 is 0 Å². The Morgan fingerprint density at radius 3 is 2.77 bits per heavy atom. The molecule has 2 fully saturated rings. The van der Waals surface area contributed by atoms with E-state index in [4.69, 9.17) is 15.1 Å². The van der Waals surface area contributed by atoms with Crippen molar-refractivity contribution < 1.29 is 5.11 Å². The number of piperidine rings is 2. The summed E-state index contributed by atoms with van der Waals surface area (Å²) >= 11 is 0. The van der Waals surface area contributed by atoms with Crippen LogP contribution in [0, 0.1) is 0 Å². The van der Waals surface area contributed by atoms with Crippen molar-refractivity contribution in [3.05, 3.63) is 18.0 Å². The highest BCUT2D eigenvalue weighted by molar-refractivity contribution is 5.54. The molecule has 10 nitrogen and oxygen atoms in total. The first kappa shape index (κ1) is 20.8. The number of anilines is 3. The second-order valence-electron chi connectivity index (χ2n) is 8.05. The molecule has 2 aliphatic rings. The fourth-order valence-corrected chi connectivity index (χ4v) is 3.98. The highest BCUT2D eigenvalue weighted by Gasteiger charge is 2.18. The average molecular weight is 416 g/mol. The first-order valence-corrected chi connectivity index (χ1v) is 11.2. The lowest BCUT2D eigenvalue weighted by Crippen LogP contribution is -2.36. The number of nitrogens with one attached hydrogen (secondary N) is 3. The first-order chi connectivity index (χ1) is 14.8. The molecule has 4 heterocycles. The molecule has 0 unspecified atom stereocenters. The maximum Gasteiger partial charge on any atom is 0.226 e. The van der Waals surface area contributed by atoms with Gasteiger partial charge in [0.1, 0.15) is 17.3 Å². The van der Waals surface area contributed by atoms with Crippen LogP contribution in [-0.4, -0.2) is 68.9 Å². The van der Waals surface area contributed by atoms with E-state index in [2.05, 4.69) is 37.2 Å². The van der Waals surface area contributed by atoms with Gasteiger partial charge < -0.3 is 26.0 Å². The van der Waals surface area contributed by atoms with Crippen LogP contribution in [0.4, 0.5) is 17.6 Å². The van der Waals surface area contributed by atoms with Crippen molar-refractivity contribution in [1.82, 2.24) is 30.3 Å². The lowest BCUT2D eigenvalue weighted by Gasteiger charge is -2.29. The zero-order valence-corrected chi connectivity index (χ0v) is 17.6. The monoisotopic (exact) mass is 415 g/mol. The van der Waals surface area contributed by atoms with Crippen molar-refractivity contribution >= 4 is 17.6 Å². The summed E-state index contributed by atoms with van der Waals surface area (Å²) in [5, 5.41) is 27.6. The normalized spacial score (nSPS) is 17.8. The van der Waals surface area contributed by atoms with Gasteiger partial charge in [-0.2, -0.15) is 9.97 Å². The second-order valence-corrected chi connectivity index (χ2v) is 8.05. The Bertz CT molecular complexity index is 784. The molecule has 2 aromatic rings. The van der Waals surface area contributed by atoms with Crippen molar-refractivity contribution in [3.63, 3.8) is 0 Å². The Morgan fingerprint density at radius 1 is 1.13 bits per heavy atom. The predicted octanol–water partition coefficient (Wildman–Crippen LogP) is 1.22. The van der Waals surface area contributed by atoms with Gasteiger partial charge in [0.2, 0.25) is 5.95 Å². The molecular formula is C20H33N9O. The molecule has 0 saturated carbocycles. The summed E-state index contributed by atoms with van der Waals surface area (Å²) in [4.78, 5) is 11.9. The smallest absolute Gasteiger partial charge is 0.226 e. The molecule has 0 atom stereocenters. The SMILES string of the molecule is OCCCn1cc(CNc2nc(NC3CCNCC3)cc(N3CCCCC3)n2)nn1. The van der Waals surface area contributed by atoms with Gasteiger partial charge in [0.15, 0.2) is 0 Å². The lowest BCUT2D eigenvalue weighted by atomic mass is 10.1. The van der Waals surface area contributed by atoms with Gasteiger partial charge in [0.25, 0.3) is 0 Å². The van der Waals surface area contributed by atoms with Gasteiger partial charge in [-0.15, -0.1) is 5.10 Å². The minimum Gasteiger partial charge on any atom is -0.396 e. The quantitative estimate of drug-likeness (QED) is 0.480. The highest BCUT2D eigenvalue weighted by atomic mass is 16.3. The molecule has 0 amide bonds. The fourth-order valence-electron chi connectivity index (χ4n) is 3.98. The van der Waals surface area contributed by atoms with E-state index in [9.17, 15) is 0 Å². The lowest BCUT2D eigenvalue weighted by molar-refractivity contribution is 0.276. The number of aliphatic hydroxyl groups excluding tert-OH is 1. The molecule has 2 aliphatic heterocycles. The van der Waals surface area contributed by atoms with Crippen molar-refractivity contribution in [2.45, 2.75) is 57.7 Å². The number of hydrogen-bond donors (Lipinski definition) is 4. The van der Waals surface area contributed by atoms with Gasteiger partial charge in [0.05, 0.1) is 12.7 Å². The molecule has 164 valence electrons. The van der Waals surface area contributed by atoms with Gasteiger partial charge >= 0.3 is 0 Å². The third kappa shape index (κ3) is 5.79. The summed E-state index contributed by atoms with van der Waals surface area (Å²) in [6.45, 7) is 5.49. The van der Waals surface area contributed by atoms with E-state index in [1.54, 1.807) is 4.68 Å². The van der Waals surface area contributed by atoms with Crippen molar-refractivity contribution in [2.24, 2.45) is 0 Å². The van der Waals surface area contributed by atoms with Crippen molar-refractivity contribution in [2.75, 3.05) is 48.3 Å². The zero-order chi connectivity index (χ0) is 20.6. The summed E-state index contributed by atoms with van der Waals surface area (Å²) < 4.78 is 1.75. The molecule has 0 aromatic carbocycles. The van der Waals surface area contributed by atoms with Crippen LogP contribution in [-0.2, 0) is 13.1 Å². The molecule has 2 saturated heterocycles. The number of hydrogen-bond acceptors (Lipinski definition) is 9. The van der Waals surface area contributed by atoms with Gasteiger partial charge in [-0.05, 0) is 51.6 Å². The maximum absolute atomic E-state index is 8.96. The van der Waals surface area contributed by atoms with Crippen LogP contribution in [0.25, 0.3) is 0 Å². The molecule has 0 spiro atoms. The van der Waals surface area contributed by atoms with Crippen molar-refractivity contribution in [3.8, 4) is 0 Å². The summed E-state index contributed by atoms with van der Waals surface area (Å²) in [6.07, 6.45) is 8.47. The third-order valence-electron chi connectivity index (χ3n) is 5.64. The number of rotatable bonds is 9. The Hall–Kier alpha value is -2.46. The Balaban J connectivity index is 1.45. The summed E-state index contributed by atoms with van der Waals surface area (Å²) in [6, 6.07) is 2.53. The largest absolute Gasteiger partial charge is 0.396 e. The van der Waals surface area contributed by atoms with E-state index in [1.165, 1.54) is 19.3 Å². The van der Waals surface area contributed by atoms with E-state index in [0.29, 0.717) is 31.5 Å². The predicted molar refractivity (Wildman–Crippen MR) is 117 cm³/mol. The second kappa shape index (κ2) is 10.5. The number of nitrogens with zero attached hydrogens (tertiary/aromatic N) is 6. The molecule has 10 heteroatoms. The number of aryl methyl sites for hydroxylation is 1.